The number of piperazine rings is 1. The van der Waals surface area contributed by atoms with Crippen molar-refractivity contribution in [3.8, 4) is 6.07 Å². The van der Waals surface area contributed by atoms with E-state index in [-0.39, 0.29) is 28.9 Å². The summed E-state index contributed by atoms with van der Waals surface area (Å²) < 4.78 is 34.8. The van der Waals surface area contributed by atoms with Crippen LogP contribution in [0, 0.1) is 11.3 Å². The van der Waals surface area contributed by atoms with Crippen LogP contribution in [-0.4, -0.2) is 76.0 Å². The summed E-state index contributed by atoms with van der Waals surface area (Å²) in [6.07, 6.45) is 2.80. The molecule has 4 heterocycles. The number of nitrogens with one attached hydrogen (secondary N) is 2. The number of halogens is 3. The molecule has 0 spiro atoms. The zero-order valence-corrected chi connectivity index (χ0v) is 21.5. The van der Waals surface area contributed by atoms with Gasteiger partial charge in [0, 0.05) is 57.0 Å². The molecule has 2 aliphatic heterocycles. The number of nitriles is 1. The van der Waals surface area contributed by atoms with E-state index < -0.39 is 6.43 Å². The van der Waals surface area contributed by atoms with Crippen LogP contribution in [0.2, 0.25) is 5.02 Å². The van der Waals surface area contributed by atoms with E-state index in [4.69, 9.17) is 16.3 Å². The van der Waals surface area contributed by atoms with E-state index in [9.17, 15) is 14.0 Å². The Morgan fingerprint density at radius 1 is 1.11 bits per heavy atom. The summed E-state index contributed by atoms with van der Waals surface area (Å²) >= 11 is 6.82. The van der Waals surface area contributed by atoms with Gasteiger partial charge in [-0.05, 0) is 37.8 Å². The van der Waals surface area contributed by atoms with Gasteiger partial charge in [-0.1, -0.05) is 11.6 Å². The Balaban J connectivity index is 1.29. The lowest BCUT2D eigenvalue weighted by molar-refractivity contribution is 0.0321. The van der Waals surface area contributed by atoms with Crippen LogP contribution in [0.15, 0.2) is 18.3 Å². The van der Waals surface area contributed by atoms with Crippen molar-refractivity contribution in [2.24, 2.45) is 0 Å². The Bertz CT molecular complexity index is 1360. The average molecular weight is 544 g/mol. The molecule has 3 aliphatic rings. The van der Waals surface area contributed by atoms with E-state index in [2.05, 4.69) is 41.6 Å². The van der Waals surface area contributed by atoms with E-state index >= 15 is 0 Å². The molecule has 1 aromatic carbocycles. The molecule has 3 aromatic rings. The second-order valence-electron chi connectivity index (χ2n) is 9.89. The Hall–Kier alpha value is -3.27. The number of benzene rings is 1. The SMILES string of the molecule is N#Cc1cnc2c(NC3CC3)nc(Nc3cc(C(F)F)cc(N4CCN(C5CCOCC5)CC4)c3Cl)nn12. The standard InChI is InChI=1S/C25H28ClF2N9O/c26-21-19(32-25-33-23(31-16-1-2-16)24-30-14-18(13-29)37(24)34-25)11-15(22(27)28)12-20(21)36-7-5-35(6-8-36)17-3-9-38-10-4-17/h11-12,14,16-17,22H,1-10H2,(H2,31,32,33,34). The maximum absolute atomic E-state index is 14.0. The zero-order chi connectivity index (χ0) is 26.2. The number of alkyl halides is 2. The maximum Gasteiger partial charge on any atom is 0.264 e. The minimum absolute atomic E-state index is 0.124. The molecule has 10 nitrogen and oxygen atoms in total. The molecule has 0 unspecified atom stereocenters. The van der Waals surface area contributed by atoms with E-state index in [1.165, 1.54) is 22.8 Å². The van der Waals surface area contributed by atoms with Gasteiger partial charge in [0.25, 0.3) is 6.43 Å². The summed E-state index contributed by atoms with van der Waals surface area (Å²) in [7, 11) is 0. The van der Waals surface area contributed by atoms with Crippen LogP contribution in [0.25, 0.3) is 5.65 Å². The molecule has 6 rings (SSSR count). The minimum Gasteiger partial charge on any atom is -0.381 e. The second-order valence-corrected chi connectivity index (χ2v) is 10.3. The minimum atomic E-state index is -2.68. The molecule has 2 aromatic heterocycles. The topological polar surface area (TPSA) is 107 Å². The highest BCUT2D eigenvalue weighted by Gasteiger charge is 2.28. The van der Waals surface area contributed by atoms with Crippen LogP contribution < -0.4 is 15.5 Å². The molecule has 0 bridgehead atoms. The number of ether oxygens (including phenoxy) is 1. The highest BCUT2D eigenvalue weighted by Crippen LogP contribution is 2.39. The highest BCUT2D eigenvalue weighted by atomic mass is 35.5. The molecule has 3 fully saturated rings. The van der Waals surface area contributed by atoms with Gasteiger partial charge in [0.1, 0.15) is 6.07 Å². The van der Waals surface area contributed by atoms with Gasteiger partial charge in [-0.25, -0.2) is 13.8 Å². The van der Waals surface area contributed by atoms with Crippen LogP contribution in [0.5, 0.6) is 0 Å². The molecule has 0 amide bonds. The monoisotopic (exact) mass is 543 g/mol. The summed E-state index contributed by atoms with van der Waals surface area (Å²) in [6, 6.07) is 5.64. The predicted octanol–water partition coefficient (Wildman–Crippen LogP) is 4.21. The highest BCUT2D eigenvalue weighted by molar-refractivity contribution is 6.36. The number of imidazole rings is 1. The second kappa shape index (κ2) is 10.5. The predicted molar refractivity (Wildman–Crippen MR) is 139 cm³/mol. The van der Waals surface area contributed by atoms with E-state index in [1.807, 2.05) is 0 Å². The summed E-state index contributed by atoms with van der Waals surface area (Å²) in [5, 5.41) is 20.5. The van der Waals surface area contributed by atoms with Crippen LogP contribution in [0.3, 0.4) is 0 Å². The molecular weight excluding hydrogens is 516 g/mol. The molecule has 13 heteroatoms. The third-order valence-electron chi connectivity index (χ3n) is 7.33. The number of fused-ring (bicyclic) bond motifs is 1. The third-order valence-corrected chi connectivity index (χ3v) is 7.73. The van der Waals surface area contributed by atoms with Crippen molar-refractivity contribution >= 4 is 40.4 Å². The third kappa shape index (κ3) is 5.06. The fraction of sp³-hybridized carbons (Fsp3) is 0.520. The number of rotatable bonds is 7. The number of hydrogen-bond acceptors (Lipinski definition) is 9. The van der Waals surface area contributed by atoms with Crippen molar-refractivity contribution in [2.75, 3.05) is 54.9 Å². The molecule has 0 radical (unpaired) electrons. The molecule has 2 saturated heterocycles. The number of hydrogen-bond donors (Lipinski definition) is 2. The first-order chi connectivity index (χ1) is 18.5. The summed E-state index contributed by atoms with van der Waals surface area (Å²) in [4.78, 5) is 13.3. The molecule has 1 aliphatic carbocycles. The molecule has 2 N–H and O–H groups in total. The van der Waals surface area contributed by atoms with Gasteiger partial charge in [-0.15, -0.1) is 5.10 Å². The smallest absolute Gasteiger partial charge is 0.264 e. The lowest BCUT2D eigenvalue weighted by Crippen LogP contribution is -2.51. The molecule has 200 valence electrons. The summed E-state index contributed by atoms with van der Waals surface area (Å²) in [6.45, 7) is 4.58. The van der Waals surface area contributed by atoms with Gasteiger partial charge in [-0.3, -0.25) is 4.90 Å². The number of aromatic nitrogens is 4. The van der Waals surface area contributed by atoms with E-state index in [0.717, 1.165) is 52.0 Å². The lowest BCUT2D eigenvalue weighted by atomic mass is 10.1. The Kier molecular flexibility index (Phi) is 6.90. The van der Waals surface area contributed by atoms with Gasteiger partial charge < -0.3 is 20.3 Å². The number of nitrogens with zero attached hydrogens (tertiary/aromatic N) is 7. The number of anilines is 4. The van der Waals surface area contributed by atoms with Crippen molar-refractivity contribution in [2.45, 2.75) is 44.2 Å². The van der Waals surface area contributed by atoms with Gasteiger partial charge in [0.05, 0.1) is 22.6 Å². The summed E-state index contributed by atoms with van der Waals surface area (Å²) in [5.74, 6) is 0.593. The van der Waals surface area contributed by atoms with Crippen molar-refractivity contribution in [3.63, 3.8) is 0 Å². The van der Waals surface area contributed by atoms with E-state index in [1.54, 1.807) is 0 Å². The van der Waals surface area contributed by atoms with Gasteiger partial charge in [-0.2, -0.15) is 14.8 Å². The normalized spacial score (nSPS) is 19.2. The van der Waals surface area contributed by atoms with Gasteiger partial charge in [0.2, 0.25) is 5.95 Å². The Morgan fingerprint density at radius 2 is 1.87 bits per heavy atom. The van der Waals surface area contributed by atoms with Crippen molar-refractivity contribution < 1.29 is 13.5 Å². The van der Waals surface area contributed by atoms with Crippen LogP contribution in [0.1, 0.15) is 43.4 Å². The van der Waals surface area contributed by atoms with Crippen LogP contribution >= 0.6 is 11.6 Å². The van der Waals surface area contributed by atoms with E-state index in [0.29, 0.717) is 41.3 Å². The molecule has 0 atom stereocenters. The first-order valence-corrected chi connectivity index (χ1v) is 13.3. The summed E-state index contributed by atoms with van der Waals surface area (Å²) in [5.41, 5.74) is 1.35. The Morgan fingerprint density at radius 3 is 2.55 bits per heavy atom. The van der Waals surface area contributed by atoms with Crippen molar-refractivity contribution in [1.82, 2.24) is 24.5 Å². The largest absolute Gasteiger partial charge is 0.381 e. The van der Waals surface area contributed by atoms with Gasteiger partial charge in [0.15, 0.2) is 17.2 Å². The maximum atomic E-state index is 14.0. The van der Waals surface area contributed by atoms with Crippen molar-refractivity contribution in [3.05, 3.63) is 34.6 Å². The molecule has 1 saturated carbocycles. The van der Waals surface area contributed by atoms with Gasteiger partial charge >= 0.3 is 0 Å². The zero-order valence-electron chi connectivity index (χ0n) is 20.7. The Labute approximate surface area is 223 Å². The molecular formula is C25H28ClF2N9O. The fourth-order valence-electron chi connectivity index (χ4n) is 5.11. The van der Waals surface area contributed by atoms with Crippen molar-refractivity contribution in [1.29, 1.82) is 5.26 Å². The lowest BCUT2D eigenvalue weighted by Gasteiger charge is -2.41. The first-order valence-electron chi connectivity index (χ1n) is 12.9. The fourth-order valence-corrected chi connectivity index (χ4v) is 5.38. The molecule has 38 heavy (non-hydrogen) atoms. The van der Waals surface area contributed by atoms with Crippen LogP contribution in [-0.2, 0) is 4.74 Å². The van der Waals surface area contributed by atoms with Crippen LogP contribution in [0.4, 0.5) is 31.9 Å². The average Bonchev–Trinajstić information content (AvgIpc) is 3.66. The first kappa shape index (κ1) is 25.0. The quantitative estimate of drug-likeness (QED) is 0.453.